The maximum absolute atomic E-state index is 13.4. The van der Waals surface area contributed by atoms with Gasteiger partial charge in [0.2, 0.25) is 0 Å². The molecule has 0 heterocycles. The number of nitrogens with zero attached hydrogens (tertiary/aromatic N) is 1. The molecular weight excluding hydrogens is 278 g/mol. The van der Waals surface area contributed by atoms with Gasteiger partial charge in [0.25, 0.3) is 0 Å². The van der Waals surface area contributed by atoms with Crippen molar-refractivity contribution in [2.45, 2.75) is 0 Å². The maximum atomic E-state index is 13.4. The van der Waals surface area contributed by atoms with E-state index in [1.54, 1.807) is 32.4 Å². The van der Waals surface area contributed by atoms with E-state index in [1.165, 1.54) is 12.3 Å². The fourth-order valence-electron chi connectivity index (χ4n) is 1.66. The molecule has 0 saturated heterocycles. The highest BCUT2D eigenvalue weighted by Crippen LogP contribution is 2.21. The molecule has 0 aliphatic carbocycles. The minimum atomic E-state index is -0.713. The Hall–Kier alpha value is -2.63. The van der Waals surface area contributed by atoms with E-state index in [9.17, 15) is 8.78 Å². The lowest BCUT2D eigenvalue weighted by Gasteiger charge is -2.06. The molecule has 0 radical (unpaired) electrons. The first kappa shape index (κ1) is 14.8. The van der Waals surface area contributed by atoms with E-state index in [1.807, 2.05) is 0 Å². The Labute approximate surface area is 121 Å². The Balaban J connectivity index is 2.14. The molecule has 0 bridgehead atoms. The molecule has 0 aliphatic heterocycles. The number of halogens is 2. The van der Waals surface area contributed by atoms with Gasteiger partial charge in [0.15, 0.2) is 5.82 Å². The Morgan fingerprint density at radius 3 is 2.24 bits per heavy atom. The van der Waals surface area contributed by atoms with Crippen molar-refractivity contribution in [2.75, 3.05) is 19.6 Å². The van der Waals surface area contributed by atoms with Crippen LogP contribution in [-0.2, 0) is 0 Å². The smallest absolute Gasteiger partial charge is 0.151 e. The van der Waals surface area contributed by atoms with Crippen molar-refractivity contribution in [3.8, 4) is 11.5 Å². The van der Waals surface area contributed by atoms with E-state index in [4.69, 9.17) is 9.47 Å². The zero-order valence-corrected chi connectivity index (χ0v) is 11.6. The number of hydrogen-bond donors (Lipinski definition) is 1. The summed E-state index contributed by atoms with van der Waals surface area (Å²) < 4.78 is 36.4. The number of hydrazone groups is 1. The summed E-state index contributed by atoms with van der Waals surface area (Å²) in [6, 6.07) is 8.42. The molecule has 2 aromatic carbocycles. The van der Waals surface area contributed by atoms with Crippen LogP contribution in [0.25, 0.3) is 0 Å². The molecular formula is C15H14F2N2O2. The molecule has 1 N–H and O–H groups in total. The molecule has 2 rings (SSSR count). The highest BCUT2D eigenvalue weighted by atomic mass is 19.1. The zero-order chi connectivity index (χ0) is 15.2. The fourth-order valence-corrected chi connectivity index (χ4v) is 1.66. The highest BCUT2D eigenvalue weighted by molar-refractivity contribution is 5.81. The van der Waals surface area contributed by atoms with Gasteiger partial charge in [-0.2, -0.15) is 5.10 Å². The van der Waals surface area contributed by atoms with Crippen LogP contribution in [0.4, 0.5) is 14.5 Å². The Kier molecular flexibility index (Phi) is 4.71. The van der Waals surface area contributed by atoms with Crippen LogP contribution in [0.3, 0.4) is 0 Å². The summed E-state index contributed by atoms with van der Waals surface area (Å²) in [5.74, 6) is -0.123. The summed E-state index contributed by atoms with van der Waals surface area (Å²) in [7, 11) is 3.09. The Morgan fingerprint density at radius 1 is 1.00 bits per heavy atom. The predicted molar refractivity (Wildman–Crippen MR) is 77.1 cm³/mol. The molecule has 110 valence electrons. The number of benzene rings is 2. The van der Waals surface area contributed by atoms with Crippen molar-refractivity contribution in [3.63, 3.8) is 0 Å². The van der Waals surface area contributed by atoms with Gasteiger partial charge in [0, 0.05) is 17.7 Å². The number of hydrogen-bond acceptors (Lipinski definition) is 4. The molecule has 2 aromatic rings. The Morgan fingerprint density at radius 2 is 1.67 bits per heavy atom. The van der Waals surface area contributed by atoms with Crippen LogP contribution >= 0.6 is 0 Å². The summed E-state index contributed by atoms with van der Waals surface area (Å²) in [5, 5.41) is 3.90. The van der Waals surface area contributed by atoms with E-state index >= 15 is 0 Å². The van der Waals surface area contributed by atoms with Gasteiger partial charge in [-0.15, -0.1) is 0 Å². The van der Waals surface area contributed by atoms with Crippen LogP contribution in [0.2, 0.25) is 0 Å². The van der Waals surface area contributed by atoms with Crippen molar-refractivity contribution in [1.29, 1.82) is 0 Å². The number of anilines is 1. The standard InChI is InChI=1S/C15H14F2N2O2/c1-20-12-5-10(6-13(8-12)21-2)9-18-19-15-4-3-11(16)7-14(15)17/h3-9,19H,1-2H3/b18-9-. The quantitative estimate of drug-likeness (QED) is 0.678. The van der Waals surface area contributed by atoms with Crippen LogP contribution < -0.4 is 14.9 Å². The van der Waals surface area contributed by atoms with Gasteiger partial charge in [-0.05, 0) is 24.3 Å². The van der Waals surface area contributed by atoms with Gasteiger partial charge in [-0.3, -0.25) is 5.43 Å². The highest BCUT2D eigenvalue weighted by Gasteiger charge is 2.02. The second kappa shape index (κ2) is 6.69. The maximum Gasteiger partial charge on any atom is 0.151 e. The van der Waals surface area contributed by atoms with Gasteiger partial charge in [0.05, 0.1) is 26.1 Å². The summed E-state index contributed by atoms with van der Waals surface area (Å²) in [6.45, 7) is 0. The van der Waals surface area contributed by atoms with Crippen LogP contribution in [0.15, 0.2) is 41.5 Å². The first-order chi connectivity index (χ1) is 10.1. The summed E-state index contributed by atoms with van der Waals surface area (Å²) in [4.78, 5) is 0. The van der Waals surface area contributed by atoms with Gasteiger partial charge < -0.3 is 9.47 Å². The molecule has 0 fully saturated rings. The van der Waals surface area contributed by atoms with Gasteiger partial charge in [-0.1, -0.05) is 0 Å². The number of ether oxygens (including phenoxy) is 2. The third-order valence-electron chi connectivity index (χ3n) is 2.70. The summed E-state index contributed by atoms with van der Waals surface area (Å²) in [5.41, 5.74) is 3.30. The summed E-state index contributed by atoms with van der Waals surface area (Å²) >= 11 is 0. The van der Waals surface area contributed by atoms with Crippen LogP contribution in [-0.4, -0.2) is 20.4 Å². The number of methoxy groups -OCH3 is 2. The van der Waals surface area contributed by atoms with Crippen molar-refractivity contribution in [2.24, 2.45) is 5.10 Å². The average Bonchev–Trinajstić information content (AvgIpc) is 2.49. The van der Waals surface area contributed by atoms with Crippen molar-refractivity contribution in [3.05, 3.63) is 53.6 Å². The molecule has 0 unspecified atom stereocenters. The van der Waals surface area contributed by atoms with Gasteiger partial charge in [0.1, 0.15) is 17.3 Å². The van der Waals surface area contributed by atoms with Crippen LogP contribution in [0.5, 0.6) is 11.5 Å². The molecule has 0 atom stereocenters. The van der Waals surface area contributed by atoms with Gasteiger partial charge >= 0.3 is 0 Å². The van der Waals surface area contributed by atoms with Crippen LogP contribution in [0, 0.1) is 11.6 Å². The minimum absolute atomic E-state index is 0.0857. The van der Waals surface area contributed by atoms with Gasteiger partial charge in [-0.25, -0.2) is 8.78 Å². The van der Waals surface area contributed by atoms with E-state index in [-0.39, 0.29) is 5.69 Å². The first-order valence-electron chi connectivity index (χ1n) is 6.09. The molecule has 0 aromatic heterocycles. The molecule has 6 heteroatoms. The van der Waals surface area contributed by atoms with E-state index in [0.29, 0.717) is 17.1 Å². The lowest BCUT2D eigenvalue weighted by molar-refractivity contribution is 0.394. The van der Waals surface area contributed by atoms with Crippen molar-refractivity contribution >= 4 is 11.9 Å². The second-order valence-electron chi connectivity index (χ2n) is 4.14. The lowest BCUT2D eigenvalue weighted by atomic mass is 10.2. The molecule has 21 heavy (non-hydrogen) atoms. The molecule has 0 aliphatic rings. The molecule has 4 nitrogen and oxygen atoms in total. The van der Waals surface area contributed by atoms with E-state index < -0.39 is 11.6 Å². The summed E-state index contributed by atoms with van der Waals surface area (Å²) in [6.07, 6.45) is 1.48. The van der Waals surface area contributed by atoms with Crippen molar-refractivity contribution < 1.29 is 18.3 Å². The first-order valence-corrected chi connectivity index (χ1v) is 6.09. The third-order valence-corrected chi connectivity index (χ3v) is 2.70. The normalized spacial score (nSPS) is 10.7. The monoisotopic (exact) mass is 292 g/mol. The molecule has 0 saturated carbocycles. The largest absolute Gasteiger partial charge is 0.497 e. The average molecular weight is 292 g/mol. The Bertz CT molecular complexity index is 638. The molecule has 0 amide bonds. The number of nitrogens with one attached hydrogen (secondary N) is 1. The second-order valence-corrected chi connectivity index (χ2v) is 4.14. The minimum Gasteiger partial charge on any atom is -0.497 e. The topological polar surface area (TPSA) is 42.8 Å². The van der Waals surface area contributed by atoms with Crippen molar-refractivity contribution in [1.82, 2.24) is 0 Å². The SMILES string of the molecule is COc1cc(/C=N\Nc2ccc(F)cc2F)cc(OC)c1. The zero-order valence-electron chi connectivity index (χ0n) is 11.6. The predicted octanol–water partition coefficient (Wildman–Crippen LogP) is 3.43. The van der Waals surface area contributed by atoms with E-state index in [0.717, 1.165) is 12.1 Å². The van der Waals surface area contributed by atoms with Crippen LogP contribution in [0.1, 0.15) is 5.56 Å². The number of rotatable bonds is 5. The van der Waals surface area contributed by atoms with E-state index in [2.05, 4.69) is 10.5 Å². The molecule has 0 spiro atoms. The lowest BCUT2D eigenvalue weighted by Crippen LogP contribution is -1.95. The fraction of sp³-hybridized carbons (Fsp3) is 0.133. The third kappa shape index (κ3) is 3.92.